The highest BCUT2D eigenvalue weighted by molar-refractivity contribution is 5.81. The highest BCUT2D eigenvalue weighted by atomic mass is 16.6. The molecule has 18 heavy (non-hydrogen) atoms. The SMILES string of the molecule is CC(C)(C)OC(=O)C1CCc2cc(N)ccc2N1. The summed E-state index contributed by atoms with van der Waals surface area (Å²) < 4.78 is 5.39. The van der Waals surface area contributed by atoms with Crippen LogP contribution in [0.4, 0.5) is 11.4 Å². The summed E-state index contributed by atoms with van der Waals surface area (Å²) in [6, 6.07) is 5.44. The molecule has 98 valence electrons. The highest BCUT2D eigenvalue weighted by Gasteiger charge is 2.28. The third-order valence-electron chi connectivity index (χ3n) is 2.85. The van der Waals surface area contributed by atoms with Crippen LogP contribution in [0.2, 0.25) is 0 Å². The first-order valence-corrected chi connectivity index (χ1v) is 6.23. The fourth-order valence-electron chi connectivity index (χ4n) is 2.07. The monoisotopic (exact) mass is 248 g/mol. The highest BCUT2D eigenvalue weighted by Crippen LogP contribution is 2.27. The van der Waals surface area contributed by atoms with Gasteiger partial charge in [0.1, 0.15) is 11.6 Å². The predicted molar refractivity (Wildman–Crippen MR) is 72.4 cm³/mol. The fraction of sp³-hybridized carbons (Fsp3) is 0.500. The first kappa shape index (κ1) is 12.7. The van der Waals surface area contributed by atoms with Crippen molar-refractivity contribution in [2.24, 2.45) is 0 Å². The summed E-state index contributed by atoms with van der Waals surface area (Å²) in [5.41, 5.74) is 8.19. The molecule has 0 saturated carbocycles. The smallest absolute Gasteiger partial charge is 0.329 e. The maximum absolute atomic E-state index is 12.0. The summed E-state index contributed by atoms with van der Waals surface area (Å²) in [4.78, 5) is 12.0. The normalized spacial score (nSPS) is 18.7. The number of esters is 1. The molecule has 0 amide bonds. The second-order valence-electron chi connectivity index (χ2n) is 5.69. The molecule has 1 aromatic rings. The molecular weight excluding hydrogens is 228 g/mol. The third kappa shape index (κ3) is 2.94. The van der Waals surface area contributed by atoms with Crippen molar-refractivity contribution in [1.82, 2.24) is 0 Å². The van der Waals surface area contributed by atoms with Gasteiger partial charge in [0.25, 0.3) is 0 Å². The number of nitrogens with one attached hydrogen (secondary N) is 1. The molecule has 0 saturated heterocycles. The summed E-state index contributed by atoms with van der Waals surface area (Å²) in [6.45, 7) is 5.63. The molecule has 0 aromatic heterocycles. The molecule has 1 heterocycles. The van der Waals surface area contributed by atoms with Crippen molar-refractivity contribution in [1.29, 1.82) is 0 Å². The van der Waals surface area contributed by atoms with E-state index in [2.05, 4.69) is 5.32 Å². The number of nitrogens with two attached hydrogens (primary N) is 1. The van der Waals surface area contributed by atoms with Crippen molar-refractivity contribution in [2.45, 2.75) is 45.3 Å². The van der Waals surface area contributed by atoms with Crippen LogP contribution in [0.15, 0.2) is 18.2 Å². The second kappa shape index (κ2) is 4.52. The minimum atomic E-state index is -0.444. The number of carbonyl (C=O) groups is 1. The van der Waals surface area contributed by atoms with Crippen molar-refractivity contribution in [3.8, 4) is 0 Å². The van der Waals surface area contributed by atoms with E-state index in [0.29, 0.717) is 0 Å². The number of anilines is 2. The largest absolute Gasteiger partial charge is 0.458 e. The Morgan fingerprint density at radius 3 is 2.83 bits per heavy atom. The number of rotatable bonds is 1. The van der Waals surface area contributed by atoms with Crippen LogP contribution in [0.3, 0.4) is 0 Å². The van der Waals surface area contributed by atoms with Crippen LogP contribution in [0.5, 0.6) is 0 Å². The van der Waals surface area contributed by atoms with Crippen LogP contribution < -0.4 is 11.1 Å². The Balaban J connectivity index is 2.08. The minimum absolute atomic E-state index is 0.190. The van der Waals surface area contributed by atoms with Crippen LogP contribution in [0.1, 0.15) is 32.8 Å². The topological polar surface area (TPSA) is 64.3 Å². The van der Waals surface area contributed by atoms with Gasteiger partial charge in [0, 0.05) is 11.4 Å². The third-order valence-corrected chi connectivity index (χ3v) is 2.85. The van der Waals surface area contributed by atoms with E-state index >= 15 is 0 Å². The molecule has 0 radical (unpaired) electrons. The van der Waals surface area contributed by atoms with Gasteiger partial charge in [-0.15, -0.1) is 0 Å². The first-order valence-electron chi connectivity index (χ1n) is 6.23. The Labute approximate surface area is 108 Å². The number of aryl methyl sites for hydroxylation is 1. The Morgan fingerprint density at radius 2 is 2.17 bits per heavy atom. The van der Waals surface area contributed by atoms with Crippen LogP contribution in [0, 0.1) is 0 Å². The number of ether oxygens (including phenoxy) is 1. The van der Waals surface area contributed by atoms with E-state index in [1.54, 1.807) is 0 Å². The van der Waals surface area contributed by atoms with Gasteiger partial charge in [0.2, 0.25) is 0 Å². The van der Waals surface area contributed by atoms with Crippen molar-refractivity contribution in [3.63, 3.8) is 0 Å². The molecule has 0 aliphatic carbocycles. The van der Waals surface area contributed by atoms with Gasteiger partial charge in [-0.3, -0.25) is 0 Å². The average Bonchev–Trinajstić information content (AvgIpc) is 2.26. The molecule has 0 fully saturated rings. The average molecular weight is 248 g/mol. The zero-order chi connectivity index (χ0) is 13.3. The predicted octanol–water partition coefficient (Wildman–Crippen LogP) is 2.34. The summed E-state index contributed by atoms with van der Waals surface area (Å²) in [7, 11) is 0. The molecule has 0 spiro atoms. The van der Waals surface area contributed by atoms with Gasteiger partial charge in [0.15, 0.2) is 0 Å². The van der Waals surface area contributed by atoms with E-state index in [4.69, 9.17) is 10.5 Å². The zero-order valence-corrected chi connectivity index (χ0v) is 11.1. The number of hydrogen-bond acceptors (Lipinski definition) is 4. The van der Waals surface area contributed by atoms with Crippen molar-refractivity contribution < 1.29 is 9.53 Å². The Kier molecular flexibility index (Phi) is 3.20. The lowest BCUT2D eigenvalue weighted by molar-refractivity contribution is -0.156. The molecule has 1 unspecified atom stereocenters. The van der Waals surface area contributed by atoms with E-state index in [-0.39, 0.29) is 12.0 Å². The van der Waals surface area contributed by atoms with E-state index in [1.807, 2.05) is 39.0 Å². The molecule has 0 bridgehead atoms. The fourth-order valence-corrected chi connectivity index (χ4v) is 2.07. The zero-order valence-electron chi connectivity index (χ0n) is 11.1. The van der Waals surface area contributed by atoms with Crippen LogP contribution >= 0.6 is 0 Å². The van der Waals surface area contributed by atoms with Gasteiger partial charge in [0.05, 0.1) is 0 Å². The van der Waals surface area contributed by atoms with Gasteiger partial charge >= 0.3 is 5.97 Å². The summed E-state index contributed by atoms with van der Waals surface area (Å²) in [5, 5.41) is 3.22. The van der Waals surface area contributed by atoms with Gasteiger partial charge < -0.3 is 15.8 Å². The van der Waals surface area contributed by atoms with Crippen LogP contribution in [-0.2, 0) is 16.0 Å². The van der Waals surface area contributed by atoms with E-state index in [1.165, 1.54) is 0 Å². The van der Waals surface area contributed by atoms with Crippen LogP contribution in [0.25, 0.3) is 0 Å². The number of hydrogen-bond donors (Lipinski definition) is 2. The van der Waals surface area contributed by atoms with E-state index < -0.39 is 5.60 Å². The molecule has 1 atom stereocenters. The minimum Gasteiger partial charge on any atom is -0.458 e. The van der Waals surface area contributed by atoms with Gasteiger partial charge in [-0.05, 0) is 57.4 Å². The van der Waals surface area contributed by atoms with Gasteiger partial charge in [-0.1, -0.05) is 0 Å². The van der Waals surface area contributed by atoms with Crippen molar-refractivity contribution >= 4 is 17.3 Å². The standard InChI is InChI=1S/C14H20N2O2/c1-14(2,3)18-13(17)12-6-4-9-8-10(15)5-7-11(9)16-12/h5,7-8,12,16H,4,6,15H2,1-3H3. The lowest BCUT2D eigenvalue weighted by Gasteiger charge is -2.29. The van der Waals surface area contributed by atoms with Crippen LogP contribution in [-0.4, -0.2) is 17.6 Å². The molecule has 3 N–H and O–H groups in total. The lowest BCUT2D eigenvalue weighted by atomic mass is 9.97. The quantitative estimate of drug-likeness (QED) is 0.591. The maximum atomic E-state index is 12.0. The molecule has 2 rings (SSSR count). The molecule has 4 heteroatoms. The number of fused-ring (bicyclic) bond motifs is 1. The molecule has 1 aliphatic rings. The van der Waals surface area contributed by atoms with E-state index in [9.17, 15) is 4.79 Å². The number of carbonyl (C=O) groups excluding carboxylic acids is 1. The van der Waals surface area contributed by atoms with Crippen molar-refractivity contribution in [2.75, 3.05) is 11.1 Å². The summed E-state index contributed by atoms with van der Waals surface area (Å²) >= 11 is 0. The number of nitrogen functional groups attached to an aromatic ring is 1. The maximum Gasteiger partial charge on any atom is 0.329 e. The van der Waals surface area contributed by atoms with E-state index in [0.717, 1.165) is 29.8 Å². The summed E-state index contributed by atoms with van der Waals surface area (Å²) in [5.74, 6) is -0.190. The molecule has 1 aliphatic heterocycles. The van der Waals surface area contributed by atoms with Gasteiger partial charge in [-0.2, -0.15) is 0 Å². The Morgan fingerprint density at radius 1 is 1.44 bits per heavy atom. The molecule has 4 nitrogen and oxygen atoms in total. The lowest BCUT2D eigenvalue weighted by Crippen LogP contribution is -2.38. The Hall–Kier alpha value is -1.71. The number of benzene rings is 1. The van der Waals surface area contributed by atoms with Gasteiger partial charge in [-0.25, -0.2) is 4.79 Å². The second-order valence-corrected chi connectivity index (χ2v) is 5.69. The van der Waals surface area contributed by atoms with Crippen molar-refractivity contribution in [3.05, 3.63) is 23.8 Å². The molecule has 1 aromatic carbocycles. The first-order chi connectivity index (χ1) is 8.35. The Bertz CT molecular complexity index is 463. The summed E-state index contributed by atoms with van der Waals surface area (Å²) in [6.07, 6.45) is 1.59. The molecular formula is C14H20N2O2.